The second-order valence-corrected chi connectivity index (χ2v) is 3.78. The average Bonchev–Trinajstić information content (AvgIpc) is 2.60. The first-order chi connectivity index (χ1) is 5.29. The maximum absolute atomic E-state index is 11.9. The van der Waals surface area contributed by atoms with Gasteiger partial charge in [0.05, 0.1) is 6.10 Å². The van der Waals surface area contributed by atoms with E-state index in [1.165, 1.54) is 6.42 Å². The zero-order chi connectivity index (χ0) is 7.84. The summed E-state index contributed by atoms with van der Waals surface area (Å²) in [6.45, 7) is 2.10. The number of fused-ring (bicyclic) bond motifs is 1. The van der Waals surface area contributed by atoms with Crippen molar-refractivity contribution in [2.24, 2.45) is 11.8 Å². The van der Waals surface area contributed by atoms with Crippen LogP contribution in [-0.4, -0.2) is 42.4 Å². The molecule has 0 spiro atoms. The number of nitrogens with zero attached hydrogens (tertiary/aromatic N) is 1. The summed E-state index contributed by atoms with van der Waals surface area (Å²) in [6, 6.07) is 0. The standard InChI is InChI=1S/C8H14FNO/c9-2-8(11)5-10-3-6-1-7(6)4-10/h6-8,11H,1-5H2/t6-,7+,8?. The summed E-state index contributed by atoms with van der Waals surface area (Å²) in [6.07, 6.45) is 0.606. The molecule has 3 heteroatoms. The van der Waals surface area contributed by atoms with Crippen LogP contribution in [0.2, 0.25) is 0 Å². The van der Waals surface area contributed by atoms with E-state index in [0.29, 0.717) is 6.54 Å². The molecule has 2 fully saturated rings. The average molecular weight is 159 g/mol. The summed E-state index contributed by atoms with van der Waals surface area (Å²) in [4.78, 5) is 2.17. The minimum atomic E-state index is -0.757. The molecule has 1 heterocycles. The summed E-state index contributed by atoms with van der Waals surface area (Å²) in [5.41, 5.74) is 0. The molecule has 3 atom stereocenters. The van der Waals surface area contributed by atoms with Crippen molar-refractivity contribution in [1.82, 2.24) is 4.90 Å². The second-order valence-electron chi connectivity index (χ2n) is 3.78. The number of aliphatic hydroxyl groups excluding tert-OH is 1. The molecule has 0 aromatic rings. The van der Waals surface area contributed by atoms with E-state index >= 15 is 0 Å². The van der Waals surface area contributed by atoms with Crippen molar-refractivity contribution in [2.75, 3.05) is 26.3 Å². The summed E-state index contributed by atoms with van der Waals surface area (Å²) < 4.78 is 11.9. The van der Waals surface area contributed by atoms with Crippen LogP contribution in [0.3, 0.4) is 0 Å². The van der Waals surface area contributed by atoms with E-state index < -0.39 is 12.8 Å². The number of piperidine rings is 1. The van der Waals surface area contributed by atoms with E-state index in [-0.39, 0.29) is 0 Å². The van der Waals surface area contributed by atoms with E-state index in [4.69, 9.17) is 5.11 Å². The normalized spacial score (nSPS) is 38.7. The second kappa shape index (κ2) is 2.72. The molecule has 2 nitrogen and oxygen atoms in total. The van der Waals surface area contributed by atoms with Gasteiger partial charge in [0.15, 0.2) is 0 Å². The first kappa shape index (κ1) is 7.50. The third-order valence-electron chi connectivity index (χ3n) is 2.70. The minimum absolute atomic E-state index is 0.531. The molecule has 64 valence electrons. The highest BCUT2D eigenvalue weighted by atomic mass is 19.1. The van der Waals surface area contributed by atoms with Gasteiger partial charge in [-0.1, -0.05) is 0 Å². The SMILES string of the molecule is OC(CF)CN1C[C@H]2C[C@H]2C1. The van der Waals surface area contributed by atoms with Gasteiger partial charge >= 0.3 is 0 Å². The Labute approximate surface area is 66.0 Å². The van der Waals surface area contributed by atoms with Crippen LogP contribution in [0, 0.1) is 11.8 Å². The minimum Gasteiger partial charge on any atom is -0.389 e. The quantitative estimate of drug-likeness (QED) is 0.639. The summed E-state index contributed by atoms with van der Waals surface area (Å²) in [5, 5.41) is 9.00. The van der Waals surface area contributed by atoms with Crippen molar-refractivity contribution in [3.63, 3.8) is 0 Å². The monoisotopic (exact) mass is 159 g/mol. The number of likely N-dealkylation sites (tertiary alicyclic amines) is 1. The lowest BCUT2D eigenvalue weighted by Crippen LogP contribution is -2.32. The van der Waals surface area contributed by atoms with E-state index in [1.807, 2.05) is 0 Å². The number of halogens is 1. The highest BCUT2D eigenvalue weighted by Crippen LogP contribution is 2.44. The van der Waals surface area contributed by atoms with Crippen LogP contribution >= 0.6 is 0 Å². The van der Waals surface area contributed by atoms with Gasteiger partial charge < -0.3 is 10.0 Å². The van der Waals surface area contributed by atoms with E-state index in [2.05, 4.69) is 4.90 Å². The van der Waals surface area contributed by atoms with Crippen molar-refractivity contribution in [2.45, 2.75) is 12.5 Å². The van der Waals surface area contributed by atoms with Crippen LogP contribution in [0.1, 0.15) is 6.42 Å². The third kappa shape index (κ3) is 1.54. The maximum Gasteiger partial charge on any atom is 0.117 e. The van der Waals surface area contributed by atoms with Crippen molar-refractivity contribution in [1.29, 1.82) is 0 Å². The van der Waals surface area contributed by atoms with Crippen molar-refractivity contribution < 1.29 is 9.50 Å². The van der Waals surface area contributed by atoms with E-state index in [1.54, 1.807) is 0 Å². The molecule has 11 heavy (non-hydrogen) atoms. The van der Waals surface area contributed by atoms with Gasteiger partial charge in [0.1, 0.15) is 6.67 Å². The van der Waals surface area contributed by atoms with E-state index in [9.17, 15) is 4.39 Å². The Morgan fingerprint density at radius 2 is 2.09 bits per heavy atom. The van der Waals surface area contributed by atoms with Gasteiger partial charge in [0.2, 0.25) is 0 Å². The predicted octanol–water partition coefficient (Wildman–Crippen LogP) is 0.269. The molecule has 1 unspecified atom stereocenters. The fourth-order valence-electron chi connectivity index (χ4n) is 1.99. The summed E-state index contributed by atoms with van der Waals surface area (Å²) in [5.74, 6) is 1.75. The smallest absolute Gasteiger partial charge is 0.117 e. The molecule has 1 N–H and O–H groups in total. The van der Waals surface area contributed by atoms with Gasteiger partial charge in [-0.25, -0.2) is 4.39 Å². The number of β-amino-alcohol motifs (C(OH)–C–C–N with tert-alkyl or cyclic N) is 1. The lowest BCUT2D eigenvalue weighted by molar-refractivity contribution is 0.0950. The third-order valence-corrected chi connectivity index (χ3v) is 2.70. The van der Waals surface area contributed by atoms with Crippen LogP contribution in [0.25, 0.3) is 0 Å². The van der Waals surface area contributed by atoms with Crippen LogP contribution in [-0.2, 0) is 0 Å². The van der Waals surface area contributed by atoms with Crippen LogP contribution in [0.4, 0.5) is 4.39 Å². The molecule has 0 amide bonds. The maximum atomic E-state index is 11.9. The molecule has 0 bridgehead atoms. The zero-order valence-electron chi connectivity index (χ0n) is 6.54. The van der Waals surface area contributed by atoms with Gasteiger partial charge in [0, 0.05) is 19.6 Å². The molecular weight excluding hydrogens is 145 g/mol. The van der Waals surface area contributed by atoms with Crippen LogP contribution in [0.15, 0.2) is 0 Å². The highest BCUT2D eigenvalue weighted by Gasteiger charge is 2.44. The number of hydrogen-bond donors (Lipinski definition) is 1. The molecule has 1 aliphatic heterocycles. The Morgan fingerprint density at radius 1 is 1.45 bits per heavy atom. The van der Waals surface area contributed by atoms with Gasteiger partial charge in [-0.05, 0) is 18.3 Å². The van der Waals surface area contributed by atoms with Crippen LogP contribution in [0.5, 0.6) is 0 Å². The molecule has 2 aliphatic rings. The fourth-order valence-corrected chi connectivity index (χ4v) is 1.99. The van der Waals surface area contributed by atoms with Gasteiger partial charge in [-0.3, -0.25) is 0 Å². The number of aliphatic hydroxyl groups is 1. The first-order valence-electron chi connectivity index (χ1n) is 4.26. The topological polar surface area (TPSA) is 23.5 Å². The summed E-state index contributed by atoms with van der Waals surface area (Å²) >= 11 is 0. The van der Waals surface area contributed by atoms with Crippen molar-refractivity contribution >= 4 is 0 Å². The predicted molar refractivity (Wildman–Crippen MR) is 40.0 cm³/mol. The lowest BCUT2D eigenvalue weighted by Gasteiger charge is -2.19. The lowest BCUT2D eigenvalue weighted by atomic mass is 10.3. The van der Waals surface area contributed by atoms with Crippen LogP contribution < -0.4 is 0 Å². The molecule has 0 radical (unpaired) electrons. The number of rotatable bonds is 3. The molecule has 0 aromatic carbocycles. The Bertz CT molecular complexity index is 143. The summed E-state index contributed by atoms with van der Waals surface area (Å²) in [7, 11) is 0. The Hall–Kier alpha value is -0.150. The molecule has 2 rings (SSSR count). The van der Waals surface area contributed by atoms with Gasteiger partial charge in [0.25, 0.3) is 0 Å². The molecule has 1 saturated heterocycles. The largest absolute Gasteiger partial charge is 0.389 e. The first-order valence-corrected chi connectivity index (χ1v) is 4.26. The zero-order valence-corrected chi connectivity index (χ0v) is 6.54. The molecule has 1 saturated carbocycles. The highest BCUT2D eigenvalue weighted by molar-refractivity contribution is 4.97. The number of hydrogen-bond acceptors (Lipinski definition) is 2. The van der Waals surface area contributed by atoms with Gasteiger partial charge in [-0.15, -0.1) is 0 Å². The van der Waals surface area contributed by atoms with Crippen molar-refractivity contribution in [3.05, 3.63) is 0 Å². The van der Waals surface area contributed by atoms with Crippen molar-refractivity contribution in [3.8, 4) is 0 Å². The Balaban J connectivity index is 1.71. The Kier molecular flexibility index (Phi) is 1.85. The Morgan fingerprint density at radius 3 is 2.64 bits per heavy atom. The molecule has 0 aromatic heterocycles. The molecular formula is C8H14FNO. The number of alkyl halides is 1. The van der Waals surface area contributed by atoms with E-state index in [0.717, 1.165) is 24.9 Å². The van der Waals surface area contributed by atoms with Gasteiger partial charge in [-0.2, -0.15) is 0 Å². The molecule has 1 aliphatic carbocycles. The fraction of sp³-hybridized carbons (Fsp3) is 1.00.